The van der Waals surface area contributed by atoms with Gasteiger partial charge in [0.25, 0.3) is 10.0 Å². The number of nitrogens with zero attached hydrogens (tertiary/aromatic N) is 4. The van der Waals surface area contributed by atoms with E-state index in [9.17, 15) is 13.2 Å². The molecule has 4 rings (SSSR count). The molecule has 1 saturated heterocycles. The number of aryl methyl sites for hydroxylation is 1. The molecule has 30 heavy (non-hydrogen) atoms. The van der Waals surface area contributed by atoms with Gasteiger partial charge >= 0.3 is 0 Å². The van der Waals surface area contributed by atoms with Gasteiger partial charge in [0, 0.05) is 43.7 Å². The monoisotopic (exact) mass is 447 g/mol. The van der Waals surface area contributed by atoms with Gasteiger partial charge in [-0.15, -0.1) is 11.3 Å². The second-order valence-corrected chi connectivity index (χ2v) is 10.0. The van der Waals surface area contributed by atoms with Crippen molar-refractivity contribution < 1.29 is 13.2 Å². The number of aromatic nitrogens is 1. The predicted molar refractivity (Wildman–Crippen MR) is 116 cm³/mol. The smallest absolute Gasteiger partial charge is 0.263 e. The Kier molecular flexibility index (Phi) is 5.90. The van der Waals surface area contributed by atoms with E-state index < -0.39 is 16.1 Å². The quantitative estimate of drug-likeness (QED) is 0.749. The largest absolute Gasteiger partial charge is 0.338 e. The van der Waals surface area contributed by atoms with Gasteiger partial charge in [-0.2, -0.15) is 0 Å². The van der Waals surface area contributed by atoms with Crippen molar-refractivity contribution in [2.75, 3.05) is 26.2 Å². The molecular weight excluding hydrogens is 422 g/mol. The highest BCUT2D eigenvalue weighted by atomic mass is 32.2. The number of aliphatic imine (C=N–C) groups is 1. The summed E-state index contributed by atoms with van der Waals surface area (Å²) < 4.78 is 26.9. The molecule has 10 heteroatoms. The zero-order chi connectivity index (χ0) is 21.3. The Morgan fingerprint density at radius 2 is 2.00 bits per heavy atom. The third-order valence-corrected chi connectivity index (χ3v) is 7.75. The molecule has 1 amide bonds. The first-order valence-corrected chi connectivity index (χ1v) is 12.4. The molecule has 8 nitrogen and oxygen atoms in total. The zero-order valence-electron chi connectivity index (χ0n) is 17.0. The Balaban J connectivity index is 1.37. The number of nitrogens with one attached hydrogen (secondary N) is 1. The van der Waals surface area contributed by atoms with Crippen molar-refractivity contribution in [2.45, 2.75) is 37.8 Å². The van der Waals surface area contributed by atoms with Crippen molar-refractivity contribution in [1.82, 2.24) is 19.5 Å². The summed E-state index contributed by atoms with van der Waals surface area (Å²) in [5.41, 5.74) is 1.60. The van der Waals surface area contributed by atoms with Crippen LogP contribution >= 0.6 is 11.3 Å². The van der Waals surface area contributed by atoms with Crippen molar-refractivity contribution in [3.8, 4) is 0 Å². The molecule has 160 valence electrons. The highest BCUT2D eigenvalue weighted by molar-refractivity contribution is 7.90. The topological polar surface area (TPSA) is 95.0 Å². The lowest BCUT2D eigenvalue weighted by atomic mass is 10.2. The molecule has 1 atom stereocenters. The lowest BCUT2D eigenvalue weighted by Crippen LogP contribution is -2.50. The van der Waals surface area contributed by atoms with Crippen LogP contribution in [0.5, 0.6) is 0 Å². The Labute approximate surface area is 180 Å². The third kappa shape index (κ3) is 4.26. The fourth-order valence-electron chi connectivity index (χ4n) is 3.68. The van der Waals surface area contributed by atoms with Gasteiger partial charge in [-0.25, -0.2) is 13.4 Å². The zero-order valence-corrected chi connectivity index (χ0v) is 18.7. The maximum atomic E-state index is 12.9. The number of carbonyl (C=O) groups excluding carboxylic acids is 1. The van der Waals surface area contributed by atoms with Crippen LogP contribution in [0.15, 0.2) is 39.5 Å². The summed E-state index contributed by atoms with van der Waals surface area (Å²) in [4.78, 5) is 26.2. The summed E-state index contributed by atoms with van der Waals surface area (Å²) >= 11 is 1.69. The van der Waals surface area contributed by atoms with E-state index >= 15 is 0 Å². The number of amides is 1. The number of fused-ring (bicyclic) bond motifs is 1. The van der Waals surface area contributed by atoms with E-state index in [0.29, 0.717) is 18.7 Å². The maximum absolute atomic E-state index is 12.9. The van der Waals surface area contributed by atoms with E-state index in [4.69, 9.17) is 0 Å². The molecule has 0 unspecified atom stereocenters. The molecule has 3 heterocycles. The van der Waals surface area contributed by atoms with Gasteiger partial charge < -0.3 is 4.90 Å². The highest BCUT2D eigenvalue weighted by Gasteiger charge is 2.32. The maximum Gasteiger partial charge on any atom is 0.263 e. The summed E-state index contributed by atoms with van der Waals surface area (Å²) in [5, 5.41) is 3.26. The van der Waals surface area contributed by atoms with E-state index in [2.05, 4.69) is 31.9 Å². The van der Waals surface area contributed by atoms with E-state index in [1.54, 1.807) is 41.4 Å². The van der Waals surface area contributed by atoms with E-state index in [0.717, 1.165) is 36.8 Å². The second kappa shape index (κ2) is 8.44. The molecule has 2 aliphatic rings. The molecule has 0 bridgehead atoms. The van der Waals surface area contributed by atoms with Crippen LogP contribution in [0.25, 0.3) is 0 Å². The van der Waals surface area contributed by atoms with Gasteiger partial charge in [-0.3, -0.25) is 19.4 Å². The molecule has 1 fully saturated rings. The highest BCUT2D eigenvalue weighted by Crippen LogP contribution is 2.23. The van der Waals surface area contributed by atoms with Crippen molar-refractivity contribution >= 4 is 33.1 Å². The number of amidine groups is 1. The van der Waals surface area contributed by atoms with Crippen LogP contribution in [-0.2, 0) is 27.8 Å². The van der Waals surface area contributed by atoms with E-state index in [1.807, 2.05) is 0 Å². The average molecular weight is 448 g/mol. The lowest BCUT2D eigenvalue weighted by Gasteiger charge is -2.35. The second-order valence-electron chi connectivity index (χ2n) is 7.44. The number of benzene rings is 1. The minimum atomic E-state index is -3.61. The molecule has 0 saturated carbocycles. The minimum absolute atomic E-state index is 0.0901. The Morgan fingerprint density at radius 3 is 2.70 bits per heavy atom. The van der Waals surface area contributed by atoms with E-state index in [1.165, 1.54) is 6.07 Å². The number of sulfonamides is 1. The van der Waals surface area contributed by atoms with Crippen LogP contribution in [0.4, 0.5) is 0 Å². The Hall–Kier alpha value is -2.30. The van der Waals surface area contributed by atoms with Crippen molar-refractivity contribution in [3.63, 3.8) is 0 Å². The first kappa shape index (κ1) is 21.0. The first-order valence-electron chi connectivity index (χ1n) is 10.0. The summed E-state index contributed by atoms with van der Waals surface area (Å²) in [6, 6.07) is 6.01. The summed E-state index contributed by atoms with van der Waals surface area (Å²) in [6.45, 7) is 7.43. The van der Waals surface area contributed by atoms with Crippen LogP contribution in [-0.4, -0.2) is 67.2 Å². The van der Waals surface area contributed by atoms with Crippen molar-refractivity contribution in [2.24, 2.45) is 4.99 Å². The molecule has 0 radical (unpaired) electrons. The van der Waals surface area contributed by atoms with Crippen LogP contribution in [0.1, 0.15) is 30.1 Å². The molecule has 0 aliphatic carbocycles. The fraction of sp³-hybridized carbons (Fsp3) is 0.450. The molecule has 1 aromatic heterocycles. The number of hydrogen-bond acceptors (Lipinski definition) is 7. The standard InChI is InChI=1S/C20H25N5O3S2/c1-3-18-22-15(13-29-18)12-24-8-10-25(11-9-24)20(26)14(2)21-19-16-6-4-5-7-17(16)30(27,28)23-19/h4-7,13-14H,3,8-12H2,1-2H3,(H,21,23)/t14-/m0/s1. The van der Waals surface area contributed by atoms with Crippen LogP contribution in [0.2, 0.25) is 0 Å². The van der Waals surface area contributed by atoms with Gasteiger partial charge in [-0.05, 0) is 25.5 Å². The lowest BCUT2D eigenvalue weighted by molar-refractivity contribution is -0.133. The molecule has 1 N–H and O–H groups in total. The minimum Gasteiger partial charge on any atom is -0.338 e. The molecular formula is C20H25N5O3S2. The summed E-state index contributed by atoms with van der Waals surface area (Å²) in [5.74, 6) is 0.146. The van der Waals surface area contributed by atoms with Gasteiger partial charge in [0.2, 0.25) is 5.91 Å². The normalized spacial score (nSPS) is 20.7. The number of hydrogen-bond donors (Lipinski definition) is 1. The van der Waals surface area contributed by atoms with Gasteiger partial charge in [0.1, 0.15) is 11.9 Å². The first-order chi connectivity index (χ1) is 14.4. The predicted octanol–water partition coefficient (Wildman–Crippen LogP) is 1.48. The van der Waals surface area contributed by atoms with Crippen LogP contribution < -0.4 is 4.72 Å². The van der Waals surface area contributed by atoms with Gasteiger partial charge in [0.05, 0.1) is 15.6 Å². The molecule has 1 aromatic carbocycles. The number of piperazine rings is 1. The van der Waals surface area contributed by atoms with Gasteiger partial charge in [-0.1, -0.05) is 19.1 Å². The SMILES string of the molecule is CCc1nc(CN2CCN(C(=O)[C@H](C)N=C3NS(=O)(=O)c4ccccc43)CC2)cs1. The Morgan fingerprint density at radius 1 is 1.27 bits per heavy atom. The third-order valence-electron chi connectivity index (χ3n) is 5.31. The molecule has 2 aliphatic heterocycles. The van der Waals surface area contributed by atoms with Crippen molar-refractivity contribution in [1.29, 1.82) is 0 Å². The fourth-order valence-corrected chi connectivity index (χ4v) is 5.66. The van der Waals surface area contributed by atoms with Crippen molar-refractivity contribution in [3.05, 3.63) is 45.9 Å². The Bertz CT molecular complexity index is 1070. The molecule has 0 spiro atoms. The van der Waals surface area contributed by atoms with Gasteiger partial charge in [0.15, 0.2) is 0 Å². The number of rotatable bonds is 5. The van der Waals surface area contributed by atoms with Crippen LogP contribution in [0, 0.1) is 0 Å². The summed E-state index contributed by atoms with van der Waals surface area (Å²) in [7, 11) is -3.61. The number of thiazole rings is 1. The number of carbonyl (C=O) groups is 1. The van der Waals surface area contributed by atoms with Crippen LogP contribution in [0.3, 0.4) is 0 Å². The molecule has 2 aromatic rings. The van der Waals surface area contributed by atoms with E-state index in [-0.39, 0.29) is 16.6 Å². The summed E-state index contributed by atoms with van der Waals surface area (Å²) in [6.07, 6.45) is 0.952. The average Bonchev–Trinajstić information content (AvgIpc) is 3.30.